The summed E-state index contributed by atoms with van der Waals surface area (Å²) in [6.45, 7) is 2.18. The van der Waals surface area contributed by atoms with Gasteiger partial charge in [0.05, 0.1) is 0 Å². The summed E-state index contributed by atoms with van der Waals surface area (Å²) in [5, 5.41) is 2.75. The largest absolute Gasteiger partial charge is 0.135 e. The minimum absolute atomic E-state index is 1.30. The van der Waals surface area contributed by atoms with Crippen LogP contribution in [0, 0.1) is 6.92 Å². The first-order valence-electron chi connectivity index (χ1n) is 6.80. The molecule has 1 aromatic heterocycles. The van der Waals surface area contributed by atoms with Crippen LogP contribution in [0.3, 0.4) is 0 Å². The van der Waals surface area contributed by atoms with Crippen LogP contribution in [0.2, 0.25) is 0 Å². The normalized spacial score (nSPS) is 11.2. The molecular weight excluding hydrogens is 260 g/mol. The first-order chi connectivity index (χ1) is 9.83. The Hall–Kier alpha value is -2.12. The van der Waals surface area contributed by atoms with Gasteiger partial charge in [0.25, 0.3) is 0 Å². The zero-order valence-electron chi connectivity index (χ0n) is 11.3. The van der Waals surface area contributed by atoms with Crippen molar-refractivity contribution >= 4 is 31.5 Å². The van der Waals surface area contributed by atoms with Gasteiger partial charge in [-0.3, -0.25) is 0 Å². The molecule has 0 unspecified atom stereocenters. The summed E-state index contributed by atoms with van der Waals surface area (Å²) >= 11 is 1.89. The predicted octanol–water partition coefficient (Wildman–Crippen LogP) is 6.03. The highest BCUT2D eigenvalue weighted by Crippen LogP contribution is 2.40. The van der Waals surface area contributed by atoms with Crippen molar-refractivity contribution in [2.24, 2.45) is 0 Å². The van der Waals surface area contributed by atoms with E-state index in [1.165, 1.54) is 36.9 Å². The zero-order valence-corrected chi connectivity index (χ0v) is 12.1. The second kappa shape index (κ2) is 4.46. The molecule has 1 heterocycles. The van der Waals surface area contributed by atoms with E-state index in [0.29, 0.717) is 0 Å². The summed E-state index contributed by atoms with van der Waals surface area (Å²) in [6, 6.07) is 24.0. The Bertz CT molecular complexity index is 901. The monoisotopic (exact) mass is 274 g/mol. The van der Waals surface area contributed by atoms with E-state index in [1.807, 2.05) is 11.3 Å². The van der Waals surface area contributed by atoms with E-state index in [-0.39, 0.29) is 0 Å². The second-order valence-corrected chi connectivity index (χ2v) is 6.21. The second-order valence-electron chi connectivity index (χ2n) is 5.15. The maximum Gasteiger partial charge on any atom is 0.0434 e. The smallest absolute Gasteiger partial charge is 0.0434 e. The Labute approximate surface area is 122 Å². The molecule has 0 fully saturated rings. The number of hydrogen-bond donors (Lipinski definition) is 0. The molecule has 0 saturated heterocycles. The van der Waals surface area contributed by atoms with Gasteiger partial charge in [-0.05, 0) is 41.8 Å². The van der Waals surface area contributed by atoms with Gasteiger partial charge in [-0.2, -0.15) is 0 Å². The van der Waals surface area contributed by atoms with Crippen LogP contribution >= 0.6 is 11.3 Å². The summed E-state index contributed by atoms with van der Waals surface area (Å²) in [6.07, 6.45) is 0. The summed E-state index contributed by atoms with van der Waals surface area (Å²) < 4.78 is 2.76. The number of benzene rings is 3. The highest BCUT2D eigenvalue weighted by molar-refractivity contribution is 7.26. The van der Waals surface area contributed by atoms with Crippen LogP contribution in [-0.4, -0.2) is 0 Å². The van der Waals surface area contributed by atoms with E-state index >= 15 is 0 Å². The molecule has 0 radical (unpaired) electrons. The van der Waals surface area contributed by atoms with Crippen molar-refractivity contribution in [1.29, 1.82) is 0 Å². The van der Waals surface area contributed by atoms with E-state index in [2.05, 4.69) is 73.7 Å². The zero-order chi connectivity index (χ0) is 13.5. The molecule has 20 heavy (non-hydrogen) atoms. The lowest BCUT2D eigenvalue weighted by atomic mass is 10.0. The van der Waals surface area contributed by atoms with Crippen molar-refractivity contribution in [2.45, 2.75) is 6.92 Å². The van der Waals surface area contributed by atoms with Gasteiger partial charge in [0.15, 0.2) is 0 Å². The van der Waals surface area contributed by atoms with Gasteiger partial charge in [0.2, 0.25) is 0 Å². The van der Waals surface area contributed by atoms with Gasteiger partial charge in [-0.1, -0.05) is 48.5 Å². The number of rotatable bonds is 1. The molecule has 0 saturated carbocycles. The Morgan fingerprint density at radius 2 is 1.50 bits per heavy atom. The minimum atomic E-state index is 1.30. The average Bonchev–Trinajstić information content (AvgIpc) is 2.86. The molecule has 4 aromatic rings. The van der Waals surface area contributed by atoms with E-state index in [9.17, 15) is 0 Å². The Morgan fingerprint density at radius 3 is 2.35 bits per heavy atom. The Morgan fingerprint density at radius 1 is 0.750 bits per heavy atom. The van der Waals surface area contributed by atoms with E-state index in [0.717, 1.165) is 0 Å². The lowest BCUT2D eigenvalue weighted by Crippen LogP contribution is -1.80. The Balaban J connectivity index is 2.16. The lowest BCUT2D eigenvalue weighted by molar-refractivity contribution is 1.51. The van der Waals surface area contributed by atoms with Crippen molar-refractivity contribution in [3.8, 4) is 11.1 Å². The van der Waals surface area contributed by atoms with Crippen LogP contribution in [0.1, 0.15) is 5.56 Å². The van der Waals surface area contributed by atoms with Gasteiger partial charge >= 0.3 is 0 Å². The predicted molar refractivity (Wildman–Crippen MR) is 89.5 cm³/mol. The van der Waals surface area contributed by atoms with Crippen molar-refractivity contribution < 1.29 is 0 Å². The van der Waals surface area contributed by atoms with Gasteiger partial charge in [0.1, 0.15) is 0 Å². The lowest BCUT2D eigenvalue weighted by Gasteiger charge is -2.05. The maximum absolute atomic E-state index is 2.31. The fourth-order valence-electron chi connectivity index (χ4n) is 2.80. The third kappa shape index (κ3) is 1.75. The standard InChI is InChI=1S/C19H14S/c1-13-11-16(14-7-3-2-4-8-14)19-17(12-13)15-9-5-6-10-18(15)20-19/h2-12H,1H3. The first kappa shape index (κ1) is 11.7. The summed E-state index contributed by atoms with van der Waals surface area (Å²) in [7, 11) is 0. The van der Waals surface area contributed by atoms with Gasteiger partial charge in [0, 0.05) is 20.2 Å². The van der Waals surface area contributed by atoms with Gasteiger partial charge in [-0.25, -0.2) is 0 Å². The molecule has 1 heteroatoms. The number of hydrogen-bond acceptors (Lipinski definition) is 1. The molecule has 0 bridgehead atoms. The minimum Gasteiger partial charge on any atom is -0.135 e. The van der Waals surface area contributed by atoms with E-state index in [1.54, 1.807) is 0 Å². The molecule has 0 aliphatic rings. The average molecular weight is 274 g/mol. The fraction of sp³-hybridized carbons (Fsp3) is 0.0526. The molecular formula is C19H14S. The van der Waals surface area contributed by atoms with Crippen LogP contribution in [-0.2, 0) is 0 Å². The number of aryl methyl sites for hydroxylation is 1. The van der Waals surface area contributed by atoms with Gasteiger partial charge < -0.3 is 0 Å². The van der Waals surface area contributed by atoms with Gasteiger partial charge in [-0.15, -0.1) is 11.3 Å². The third-order valence-electron chi connectivity index (χ3n) is 3.71. The summed E-state index contributed by atoms with van der Waals surface area (Å²) in [5.41, 5.74) is 3.97. The molecule has 0 N–H and O–H groups in total. The highest BCUT2D eigenvalue weighted by Gasteiger charge is 2.10. The molecule has 4 rings (SSSR count). The van der Waals surface area contributed by atoms with Crippen molar-refractivity contribution in [3.05, 3.63) is 72.3 Å². The molecule has 3 aromatic carbocycles. The highest BCUT2D eigenvalue weighted by atomic mass is 32.1. The molecule has 0 nitrogen and oxygen atoms in total. The maximum atomic E-state index is 2.31. The molecule has 0 amide bonds. The van der Waals surface area contributed by atoms with Crippen LogP contribution in [0.25, 0.3) is 31.3 Å². The van der Waals surface area contributed by atoms with Crippen molar-refractivity contribution in [3.63, 3.8) is 0 Å². The SMILES string of the molecule is Cc1cc(-c2ccccc2)c2sc3ccccc3c2c1. The van der Waals surface area contributed by atoms with Crippen LogP contribution < -0.4 is 0 Å². The number of thiophene rings is 1. The molecule has 96 valence electrons. The summed E-state index contributed by atoms with van der Waals surface area (Å²) in [4.78, 5) is 0. The first-order valence-corrected chi connectivity index (χ1v) is 7.62. The molecule has 0 aliphatic heterocycles. The molecule has 0 spiro atoms. The van der Waals surface area contributed by atoms with Crippen LogP contribution in [0.4, 0.5) is 0 Å². The van der Waals surface area contributed by atoms with Crippen LogP contribution in [0.5, 0.6) is 0 Å². The quantitative estimate of drug-likeness (QED) is 0.397. The molecule has 0 atom stereocenters. The molecule has 0 aliphatic carbocycles. The number of fused-ring (bicyclic) bond motifs is 3. The van der Waals surface area contributed by atoms with Crippen molar-refractivity contribution in [2.75, 3.05) is 0 Å². The summed E-state index contributed by atoms with van der Waals surface area (Å²) in [5.74, 6) is 0. The Kier molecular flexibility index (Phi) is 2.61. The van der Waals surface area contributed by atoms with Crippen molar-refractivity contribution in [1.82, 2.24) is 0 Å². The van der Waals surface area contributed by atoms with E-state index < -0.39 is 0 Å². The third-order valence-corrected chi connectivity index (χ3v) is 4.93. The topological polar surface area (TPSA) is 0 Å². The van der Waals surface area contributed by atoms with Crippen LogP contribution in [0.15, 0.2) is 66.7 Å². The fourth-order valence-corrected chi connectivity index (χ4v) is 4.02. The van der Waals surface area contributed by atoms with E-state index in [4.69, 9.17) is 0 Å².